The predicted molar refractivity (Wildman–Crippen MR) is 146 cm³/mol. The zero-order valence-corrected chi connectivity index (χ0v) is 22.7. The first-order valence-corrected chi connectivity index (χ1v) is 11.1. The molecule has 0 spiro atoms. The van der Waals surface area contributed by atoms with Gasteiger partial charge in [-0.1, -0.05) is 31.6 Å². The van der Waals surface area contributed by atoms with Crippen molar-refractivity contribution in [1.82, 2.24) is 0 Å². The smallest absolute Gasteiger partial charge is 0.132 e. The minimum atomic E-state index is -1.20. The molecular formula is C27H40O4S2. The van der Waals surface area contributed by atoms with E-state index < -0.39 is 17.3 Å². The molecule has 2 atom stereocenters. The number of aliphatic hydroxyl groups is 2. The van der Waals surface area contributed by atoms with Gasteiger partial charge in [-0.3, -0.25) is 0 Å². The van der Waals surface area contributed by atoms with Crippen molar-refractivity contribution in [2.45, 2.75) is 97.4 Å². The van der Waals surface area contributed by atoms with Crippen LogP contribution in [0.1, 0.15) is 84.8 Å². The highest BCUT2D eigenvalue weighted by Gasteiger charge is 2.47. The third-order valence-electron chi connectivity index (χ3n) is 5.95. The number of phenols is 1. The van der Waals surface area contributed by atoms with E-state index in [1.807, 2.05) is 19.9 Å². The minimum Gasteiger partial charge on any atom is -0.507 e. The molecule has 184 valence electrons. The number of aromatic hydroxyl groups is 1. The summed E-state index contributed by atoms with van der Waals surface area (Å²) in [5, 5.41) is 32.0. The number of aryl methyl sites for hydroxylation is 1. The molecule has 0 amide bonds. The Labute approximate surface area is 213 Å². The van der Waals surface area contributed by atoms with Crippen LogP contribution in [0.3, 0.4) is 0 Å². The number of fused-ring (bicyclic) bond motifs is 2. The Morgan fingerprint density at radius 3 is 2.21 bits per heavy atom. The van der Waals surface area contributed by atoms with Crippen LogP contribution >= 0.6 is 27.0 Å². The number of aliphatic hydroxyl groups excluding tert-OH is 1. The van der Waals surface area contributed by atoms with Gasteiger partial charge in [0.15, 0.2) is 0 Å². The lowest BCUT2D eigenvalue weighted by Gasteiger charge is -2.45. The van der Waals surface area contributed by atoms with Crippen molar-refractivity contribution in [3.8, 4) is 35.2 Å². The third kappa shape index (κ3) is 7.39. The van der Waals surface area contributed by atoms with Crippen LogP contribution in [0.15, 0.2) is 17.7 Å². The molecule has 0 aromatic heterocycles. The normalized spacial score (nSPS) is 21.5. The fourth-order valence-electron chi connectivity index (χ4n) is 4.23. The number of unbranched alkanes of at least 4 members (excludes halogenated alkanes) is 2. The Bertz CT molecular complexity index is 938. The number of hydrogen-bond acceptors (Lipinski definition) is 4. The van der Waals surface area contributed by atoms with Gasteiger partial charge in [0.1, 0.15) is 23.2 Å². The molecule has 1 aliphatic carbocycles. The molecule has 1 heterocycles. The van der Waals surface area contributed by atoms with Crippen molar-refractivity contribution in [3.05, 3.63) is 28.8 Å². The first-order chi connectivity index (χ1) is 14.6. The number of benzene rings is 1. The standard InChI is InChI=1S/C21H30O4.C6H6.2H2S/c1-5-6-7-8-13-11-15(22)18-16(12-13)25-20(2,3)14-9-10-21(4,24)19(23)17(14)18;1-3-5-6-4-2;;/h11-12,19,22-24H,5-10H2,1-4H3;1-2H3;2*1H2/t19-,21-;;;/m0.../s1. The highest BCUT2D eigenvalue weighted by Crippen LogP contribution is 2.52. The van der Waals surface area contributed by atoms with E-state index in [2.05, 4.69) is 30.6 Å². The second-order valence-electron chi connectivity index (χ2n) is 8.96. The van der Waals surface area contributed by atoms with E-state index in [0.717, 1.165) is 36.8 Å². The molecule has 33 heavy (non-hydrogen) atoms. The molecule has 2 aliphatic rings. The molecule has 4 nitrogen and oxygen atoms in total. The van der Waals surface area contributed by atoms with E-state index in [1.165, 1.54) is 0 Å². The maximum atomic E-state index is 10.8. The van der Waals surface area contributed by atoms with Crippen molar-refractivity contribution in [3.63, 3.8) is 0 Å². The molecule has 0 unspecified atom stereocenters. The molecule has 3 rings (SSSR count). The molecule has 0 saturated carbocycles. The average Bonchev–Trinajstić information content (AvgIpc) is 2.69. The highest BCUT2D eigenvalue weighted by atomic mass is 32.1. The van der Waals surface area contributed by atoms with Crippen LogP contribution in [-0.2, 0) is 6.42 Å². The van der Waals surface area contributed by atoms with Crippen LogP contribution in [0.2, 0.25) is 0 Å². The summed E-state index contributed by atoms with van der Waals surface area (Å²) in [7, 11) is 0. The minimum absolute atomic E-state index is 0. The van der Waals surface area contributed by atoms with Gasteiger partial charge in [0.2, 0.25) is 0 Å². The van der Waals surface area contributed by atoms with Crippen molar-refractivity contribution in [2.75, 3.05) is 0 Å². The molecule has 1 aliphatic heterocycles. The van der Waals surface area contributed by atoms with E-state index in [4.69, 9.17) is 4.74 Å². The topological polar surface area (TPSA) is 69.9 Å². The van der Waals surface area contributed by atoms with Gasteiger partial charge in [-0.15, -0.1) is 0 Å². The number of ether oxygens (including phenoxy) is 1. The van der Waals surface area contributed by atoms with Crippen LogP contribution < -0.4 is 4.74 Å². The Kier molecular flexibility index (Phi) is 12.6. The van der Waals surface area contributed by atoms with E-state index in [0.29, 0.717) is 29.7 Å². The van der Waals surface area contributed by atoms with Crippen molar-refractivity contribution < 1.29 is 20.1 Å². The zero-order valence-electron chi connectivity index (χ0n) is 20.7. The second kappa shape index (κ2) is 13.3. The lowest BCUT2D eigenvalue weighted by atomic mass is 9.70. The molecule has 6 heteroatoms. The fourth-order valence-corrected chi connectivity index (χ4v) is 4.23. The molecule has 1 aromatic carbocycles. The average molecular weight is 493 g/mol. The largest absolute Gasteiger partial charge is 0.507 e. The van der Waals surface area contributed by atoms with E-state index in [-0.39, 0.29) is 32.7 Å². The Hall–Kier alpha value is -1.70. The van der Waals surface area contributed by atoms with Gasteiger partial charge in [-0.2, -0.15) is 27.0 Å². The quantitative estimate of drug-likeness (QED) is 0.398. The van der Waals surface area contributed by atoms with E-state index >= 15 is 0 Å². The summed E-state index contributed by atoms with van der Waals surface area (Å²) in [6.45, 7) is 11.3. The van der Waals surface area contributed by atoms with E-state index in [1.54, 1.807) is 26.8 Å². The first kappa shape index (κ1) is 31.3. The van der Waals surface area contributed by atoms with E-state index in [9.17, 15) is 15.3 Å². The van der Waals surface area contributed by atoms with Crippen LogP contribution in [0, 0.1) is 23.7 Å². The summed E-state index contributed by atoms with van der Waals surface area (Å²) in [6.07, 6.45) is 4.36. The molecule has 0 bridgehead atoms. The zero-order chi connectivity index (χ0) is 23.2. The maximum absolute atomic E-state index is 10.8. The molecule has 0 fully saturated rings. The van der Waals surface area contributed by atoms with Gasteiger partial charge in [-0.05, 0) is 95.4 Å². The Morgan fingerprint density at radius 1 is 1.06 bits per heavy atom. The second-order valence-corrected chi connectivity index (χ2v) is 8.96. The SMILES string of the molecule is CC#CC#CC.CCCCCc1cc(O)c2c(c1)OC(C)(C)C1=C2[C@H](O)[C@@](C)(O)CC1.S.S. The molecular weight excluding hydrogens is 452 g/mol. The summed E-state index contributed by atoms with van der Waals surface area (Å²) in [4.78, 5) is 0. The van der Waals surface area contributed by atoms with Gasteiger partial charge in [0.25, 0.3) is 0 Å². The highest BCUT2D eigenvalue weighted by molar-refractivity contribution is 7.59. The number of rotatable bonds is 4. The van der Waals surface area contributed by atoms with Crippen molar-refractivity contribution >= 4 is 32.6 Å². The molecule has 0 saturated heterocycles. The lowest BCUT2D eigenvalue weighted by Crippen LogP contribution is -2.48. The predicted octanol–water partition coefficient (Wildman–Crippen LogP) is 5.21. The third-order valence-corrected chi connectivity index (χ3v) is 5.95. The van der Waals surface area contributed by atoms with Gasteiger partial charge >= 0.3 is 0 Å². The summed E-state index contributed by atoms with van der Waals surface area (Å²) >= 11 is 0. The number of hydrogen-bond donors (Lipinski definition) is 3. The lowest BCUT2D eigenvalue weighted by molar-refractivity contribution is -0.0476. The Balaban J connectivity index is 0.00000114. The van der Waals surface area contributed by atoms with Crippen LogP contribution in [0.4, 0.5) is 0 Å². The molecule has 1 aromatic rings. The fraction of sp³-hybridized carbons (Fsp3) is 0.556. The maximum Gasteiger partial charge on any atom is 0.132 e. The monoisotopic (exact) mass is 492 g/mol. The van der Waals surface area contributed by atoms with Crippen molar-refractivity contribution in [1.29, 1.82) is 0 Å². The summed E-state index contributed by atoms with van der Waals surface area (Å²) in [5.74, 6) is 11.2. The Morgan fingerprint density at radius 2 is 1.67 bits per heavy atom. The van der Waals surface area contributed by atoms with Gasteiger partial charge in [0, 0.05) is 5.57 Å². The number of phenolic OH excluding ortho intramolecular Hbond substituents is 1. The van der Waals surface area contributed by atoms with Gasteiger partial charge < -0.3 is 20.1 Å². The first-order valence-electron chi connectivity index (χ1n) is 11.1. The summed E-state index contributed by atoms with van der Waals surface area (Å²) in [6, 6.07) is 3.75. The summed E-state index contributed by atoms with van der Waals surface area (Å²) < 4.78 is 6.22. The van der Waals surface area contributed by atoms with Crippen LogP contribution in [0.5, 0.6) is 11.5 Å². The van der Waals surface area contributed by atoms with Crippen molar-refractivity contribution in [2.24, 2.45) is 0 Å². The van der Waals surface area contributed by atoms with Crippen LogP contribution in [-0.4, -0.2) is 32.6 Å². The van der Waals surface area contributed by atoms with Gasteiger partial charge in [0.05, 0.1) is 11.2 Å². The van der Waals surface area contributed by atoms with Crippen LogP contribution in [0.25, 0.3) is 5.57 Å². The molecule has 0 radical (unpaired) electrons. The molecule has 3 N–H and O–H groups in total. The summed E-state index contributed by atoms with van der Waals surface area (Å²) in [5.41, 5.74) is 1.43. The van der Waals surface area contributed by atoms with Gasteiger partial charge in [-0.25, -0.2) is 0 Å².